The molecule has 1 aromatic heterocycles. The van der Waals surface area contributed by atoms with E-state index >= 15 is 0 Å². The molecule has 90 valence electrons. The molecule has 0 aromatic carbocycles. The third-order valence-corrected chi connectivity index (χ3v) is 4.53. The van der Waals surface area contributed by atoms with Crippen molar-refractivity contribution in [2.45, 2.75) is 11.8 Å². The predicted octanol–water partition coefficient (Wildman–Crippen LogP) is 2.29. The van der Waals surface area contributed by atoms with Crippen LogP contribution in [0.4, 0.5) is 10.7 Å². The number of methoxy groups -OCH3 is 1. The first-order valence-electron chi connectivity index (χ1n) is 4.82. The fourth-order valence-electron chi connectivity index (χ4n) is 1.25. The normalized spacial score (nSPS) is 10.2. The zero-order valence-electron chi connectivity index (χ0n) is 9.86. The monoisotopic (exact) mass is 260 g/mol. The van der Waals surface area contributed by atoms with E-state index in [1.165, 1.54) is 18.4 Å². The third kappa shape index (κ3) is 2.27. The van der Waals surface area contributed by atoms with Crippen molar-refractivity contribution in [2.75, 3.05) is 37.6 Å². The predicted molar refractivity (Wildman–Crippen MR) is 70.8 cm³/mol. The van der Waals surface area contributed by atoms with Crippen LogP contribution in [-0.4, -0.2) is 32.9 Å². The van der Waals surface area contributed by atoms with Crippen LogP contribution in [0.15, 0.2) is 4.90 Å². The van der Waals surface area contributed by atoms with Gasteiger partial charge < -0.3 is 15.4 Å². The summed E-state index contributed by atoms with van der Waals surface area (Å²) in [7, 11) is 3.34. The Labute approximate surface area is 104 Å². The first-order chi connectivity index (χ1) is 7.56. The first kappa shape index (κ1) is 13.2. The fourth-order valence-corrected chi connectivity index (χ4v) is 3.40. The molecule has 0 radical (unpaired) electrons. The van der Waals surface area contributed by atoms with E-state index in [1.54, 1.807) is 11.8 Å². The number of hydrogen-bond donors (Lipinski definition) is 1. The van der Waals surface area contributed by atoms with Crippen LogP contribution in [0.1, 0.15) is 16.6 Å². The average molecular weight is 260 g/mol. The van der Waals surface area contributed by atoms with Gasteiger partial charge in [0.1, 0.15) is 9.88 Å². The van der Waals surface area contributed by atoms with Crippen LogP contribution in [0.25, 0.3) is 0 Å². The quantitative estimate of drug-likeness (QED) is 0.665. The largest absolute Gasteiger partial charge is 0.465 e. The molecule has 16 heavy (non-hydrogen) atoms. The van der Waals surface area contributed by atoms with Crippen LogP contribution in [0.3, 0.4) is 0 Å². The number of anilines is 2. The molecular formula is C10H16N2O2S2. The van der Waals surface area contributed by atoms with E-state index in [9.17, 15) is 4.79 Å². The molecular weight excluding hydrogens is 244 g/mol. The van der Waals surface area contributed by atoms with Crippen molar-refractivity contribution < 1.29 is 9.53 Å². The van der Waals surface area contributed by atoms with Gasteiger partial charge in [0, 0.05) is 13.6 Å². The van der Waals surface area contributed by atoms with Gasteiger partial charge in [-0.2, -0.15) is 0 Å². The van der Waals surface area contributed by atoms with Gasteiger partial charge in [0.05, 0.1) is 17.7 Å². The fraction of sp³-hybridized carbons (Fsp3) is 0.500. The molecule has 0 atom stereocenters. The van der Waals surface area contributed by atoms with Gasteiger partial charge in [0.15, 0.2) is 0 Å². The third-order valence-electron chi connectivity index (χ3n) is 2.28. The summed E-state index contributed by atoms with van der Waals surface area (Å²) in [4.78, 5) is 15.0. The molecule has 0 aliphatic heterocycles. The molecule has 0 saturated carbocycles. The maximum Gasteiger partial charge on any atom is 0.350 e. The molecule has 1 heterocycles. The number of esters is 1. The van der Waals surface area contributed by atoms with Gasteiger partial charge in [-0.05, 0) is 13.2 Å². The zero-order chi connectivity index (χ0) is 12.3. The van der Waals surface area contributed by atoms with Crippen molar-refractivity contribution >= 4 is 39.8 Å². The van der Waals surface area contributed by atoms with Gasteiger partial charge in [-0.25, -0.2) is 4.79 Å². The molecule has 2 N–H and O–H groups in total. The van der Waals surface area contributed by atoms with E-state index in [0.717, 1.165) is 16.4 Å². The summed E-state index contributed by atoms with van der Waals surface area (Å²) >= 11 is 2.93. The number of ether oxygens (including phenoxy) is 1. The number of nitrogens with two attached hydrogens (primary N) is 1. The van der Waals surface area contributed by atoms with Crippen LogP contribution in [0, 0.1) is 0 Å². The average Bonchev–Trinajstić information content (AvgIpc) is 2.64. The van der Waals surface area contributed by atoms with Crippen molar-refractivity contribution in [3.63, 3.8) is 0 Å². The van der Waals surface area contributed by atoms with Crippen molar-refractivity contribution in [1.82, 2.24) is 0 Å². The number of rotatable bonds is 4. The molecule has 0 saturated heterocycles. The second-order valence-electron chi connectivity index (χ2n) is 3.19. The Morgan fingerprint density at radius 3 is 2.69 bits per heavy atom. The van der Waals surface area contributed by atoms with Gasteiger partial charge in [-0.3, -0.25) is 0 Å². The highest BCUT2D eigenvalue weighted by Gasteiger charge is 2.22. The molecule has 0 fully saturated rings. The summed E-state index contributed by atoms with van der Waals surface area (Å²) in [5.74, 6) is -0.367. The van der Waals surface area contributed by atoms with Gasteiger partial charge in [0.2, 0.25) is 0 Å². The number of thiophene rings is 1. The van der Waals surface area contributed by atoms with Gasteiger partial charge in [-0.15, -0.1) is 23.1 Å². The van der Waals surface area contributed by atoms with Crippen LogP contribution in [-0.2, 0) is 4.74 Å². The summed E-state index contributed by atoms with van der Waals surface area (Å²) in [6.07, 6.45) is 1.95. The first-order valence-corrected chi connectivity index (χ1v) is 6.86. The smallest absolute Gasteiger partial charge is 0.350 e. The van der Waals surface area contributed by atoms with Crippen LogP contribution < -0.4 is 10.6 Å². The minimum Gasteiger partial charge on any atom is -0.465 e. The Bertz CT molecular complexity index is 390. The van der Waals surface area contributed by atoms with E-state index in [0.29, 0.717) is 10.6 Å². The van der Waals surface area contributed by atoms with E-state index in [1.807, 2.05) is 13.3 Å². The molecule has 1 rings (SSSR count). The Morgan fingerprint density at radius 1 is 1.62 bits per heavy atom. The Hall–Kier alpha value is -0.880. The van der Waals surface area contributed by atoms with E-state index in [-0.39, 0.29) is 5.97 Å². The molecule has 0 spiro atoms. The summed E-state index contributed by atoms with van der Waals surface area (Å²) in [6.45, 7) is 2.92. The molecule has 0 amide bonds. The van der Waals surface area contributed by atoms with Crippen molar-refractivity contribution in [3.8, 4) is 0 Å². The zero-order valence-corrected chi connectivity index (χ0v) is 11.5. The summed E-state index contributed by atoms with van der Waals surface area (Å²) in [5.41, 5.74) is 6.47. The maximum absolute atomic E-state index is 11.5. The number of carbonyl (C=O) groups excluding carboxylic acids is 1. The summed E-state index contributed by atoms with van der Waals surface area (Å²) < 4.78 is 4.71. The minimum absolute atomic E-state index is 0.367. The molecule has 0 bridgehead atoms. The minimum atomic E-state index is -0.367. The Kier molecular flexibility index (Phi) is 4.49. The van der Waals surface area contributed by atoms with Crippen molar-refractivity contribution in [2.24, 2.45) is 0 Å². The Balaban J connectivity index is 3.25. The molecule has 0 unspecified atom stereocenters. The van der Waals surface area contributed by atoms with Gasteiger partial charge >= 0.3 is 5.97 Å². The van der Waals surface area contributed by atoms with E-state index in [4.69, 9.17) is 10.5 Å². The number of nitrogens with zero attached hydrogens (tertiary/aromatic N) is 1. The summed E-state index contributed by atoms with van der Waals surface area (Å²) in [6, 6.07) is 0. The second kappa shape index (κ2) is 5.45. The van der Waals surface area contributed by atoms with Crippen molar-refractivity contribution in [1.29, 1.82) is 0 Å². The lowest BCUT2D eigenvalue weighted by atomic mass is 10.4. The highest BCUT2D eigenvalue weighted by atomic mass is 32.2. The lowest BCUT2D eigenvalue weighted by molar-refractivity contribution is 0.0607. The number of nitrogen functional groups attached to an aromatic ring is 1. The molecule has 0 aliphatic rings. The number of hydrogen-bond acceptors (Lipinski definition) is 6. The molecule has 0 aliphatic carbocycles. The number of carbonyl (C=O) groups is 1. The lowest BCUT2D eigenvalue weighted by Crippen LogP contribution is -2.14. The van der Waals surface area contributed by atoms with Crippen LogP contribution >= 0.6 is 23.1 Å². The van der Waals surface area contributed by atoms with Crippen LogP contribution in [0.5, 0.6) is 0 Å². The molecule has 6 heteroatoms. The van der Waals surface area contributed by atoms with Gasteiger partial charge in [-0.1, -0.05) is 0 Å². The van der Waals surface area contributed by atoms with E-state index in [2.05, 4.69) is 11.8 Å². The standard InChI is InChI=1S/C10H16N2O2S2/c1-5-12(2)9-7(15-4)6(11)8(16-9)10(13)14-3/h5,11H2,1-4H3. The Morgan fingerprint density at radius 2 is 2.25 bits per heavy atom. The highest BCUT2D eigenvalue weighted by Crippen LogP contribution is 2.43. The number of thioether (sulfide) groups is 1. The topological polar surface area (TPSA) is 55.6 Å². The molecule has 1 aromatic rings. The van der Waals surface area contributed by atoms with Crippen molar-refractivity contribution in [3.05, 3.63) is 4.88 Å². The maximum atomic E-state index is 11.5. The SMILES string of the molecule is CCN(C)c1sc(C(=O)OC)c(N)c1SC. The lowest BCUT2D eigenvalue weighted by Gasteiger charge is -2.15. The van der Waals surface area contributed by atoms with Crippen LogP contribution in [0.2, 0.25) is 0 Å². The van der Waals surface area contributed by atoms with Gasteiger partial charge in [0.25, 0.3) is 0 Å². The summed E-state index contributed by atoms with van der Waals surface area (Å²) in [5, 5.41) is 1.02. The second-order valence-corrected chi connectivity index (χ2v) is 5.00. The van der Waals surface area contributed by atoms with E-state index < -0.39 is 0 Å². The highest BCUT2D eigenvalue weighted by molar-refractivity contribution is 7.99. The molecule has 4 nitrogen and oxygen atoms in total.